The van der Waals surface area contributed by atoms with Gasteiger partial charge in [0.15, 0.2) is 0 Å². The molecule has 0 aliphatic rings. The summed E-state index contributed by atoms with van der Waals surface area (Å²) in [6.45, 7) is 0. The first kappa shape index (κ1) is 9.83. The summed E-state index contributed by atoms with van der Waals surface area (Å²) in [4.78, 5) is 4.23. The van der Waals surface area contributed by atoms with Gasteiger partial charge in [0.25, 0.3) is 0 Å². The predicted molar refractivity (Wildman–Crippen MR) is 61.8 cm³/mol. The summed E-state index contributed by atoms with van der Waals surface area (Å²) in [6.07, 6.45) is 3.66. The third-order valence-electron chi connectivity index (χ3n) is 2.00. The molecule has 0 aliphatic heterocycles. The highest BCUT2D eigenvalue weighted by Crippen LogP contribution is 2.12. The number of rotatable bonds is 4. The van der Waals surface area contributed by atoms with Gasteiger partial charge < -0.3 is 5.73 Å². The molecule has 0 saturated carbocycles. The maximum atomic E-state index is 6.03. The molecule has 74 valence electrons. The van der Waals surface area contributed by atoms with E-state index >= 15 is 0 Å². The van der Waals surface area contributed by atoms with Crippen LogP contribution in [0.5, 0.6) is 0 Å². The number of thiazole rings is 1. The van der Waals surface area contributed by atoms with Crippen molar-refractivity contribution in [2.24, 2.45) is 5.73 Å². The minimum Gasteiger partial charge on any atom is -0.327 e. The Labute approximate surface area is 91.4 Å². The number of hydrogen-bond acceptors (Lipinski definition) is 4. The number of nitrogens with two attached hydrogens (primary N) is 1. The van der Waals surface area contributed by atoms with Crippen molar-refractivity contribution in [3.05, 3.63) is 39.0 Å². The van der Waals surface area contributed by atoms with Crippen molar-refractivity contribution in [2.45, 2.75) is 18.9 Å². The number of nitrogens with zero attached hydrogens (tertiary/aromatic N) is 1. The number of thiophene rings is 1. The molecule has 4 heteroatoms. The molecule has 0 saturated heterocycles. The lowest BCUT2D eigenvalue weighted by atomic mass is 10.1. The molecule has 1 atom stereocenters. The lowest BCUT2D eigenvalue weighted by molar-refractivity contribution is 0.663. The van der Waals surface area contributed by atoms with E-state index < -0.39 is 0 Å². The van der Waals surface area contributed by atoms with Crippen LogP contribution < -0.4 is 5.73 Å². The molecule has 0 aliphatic carbocycles. The van der Waals surface area contributed by atoms with Crippen LogP contribution in [0.2, 0.25) is 0 Å². The average Bonchev–Trinajstić information content (AvgIpc) is 2.76. The molecule has 2 rings (SSSR count). The zero-order valence-corrected chi connectivity index (χ0v) is 9.35. The summed E-state index contributed by atoms with van der Waals surface area (Å²) in [6, 6.07) is 2.32. The van der Waals surface area contributed by atoms with E-state index in [-0.39, 0.29) is 6.04 Å². The molecule has 0 aromatic carbocycles. The minimum absolute atomic E-state index is 0.191. The first-order valence-corrected chi connectivity index (χ1v) is 6.32. The molecule has 2 N–H and O–H groups in total. The highest BCUT2D eigenvalue weighted by atomic mass is 32.1. The Bertz CT molecular complexity index is 317. The fourth-order valence-corrected chi connectivity index (χ4v) is 2.75. The van der Waals surface area contributed by atoms with Crippen molar-refractivity contribution < 1.29 is 0 Å². The van der Waals surface area contributed by atoms with E-state index in [4.69, 9.17) is 5.73 Å². The molecular formula is C10H12N2S2. The molecular weight excluding hydrogens is 212 g/mol. The second-order valence-electron chi connectivity index (χ2n) is 3.23. The van der Waals surface area contributed by atoms with Gasteiger partial charge in [-0.15, -0.1) is 11.3 Å². The van der Waals surface area contributed by atoms with Crippen molar-refractivity contribution >= 4 is 22.7 Å². The van der Waals surface area contributed by atoms with Gasteiger partial charge in [0.1, 0.15) is 0 Å². The van der Waals surface area contributed by atoms with Gasteiger partial charge in [-0.1, -0.05) is 0 Å². The molecule has 0 bridgehead atoms. The topological polar surface area (TPSA) is 38.9 Å². The summed E-state index contributed by atoms with van der Waals surface area (Å²) in [5.74, 6) is 0. The van der Waals surface area contributed by atoms with Crippen LogP contribution in [0, 0.1) is 0 Å². The third-order valence-corrected chi connectivity index (χ3v) is 3.53. The van der Waals surface area contributed by atoms with Crippen LogP contribution in [0.3, 0.4) is 0 Å². The van der Waals surface area contributed by atoms with Gasteiger partial charge in [-0.2, -0.15) is 11.3 Å². The smallest absolute Gasteiger partial charge is 0.0940 e. The Balaban J connectivity index is 1.88. The van der Waals surface area contributed by atoms with Crippen LogP contribution in [0.1, 0.15) is 10.6 Å². The van der Waals surface area contributed by atoms with Crippen molar-refractivity contribution in [1.29, 1.82) is 0 Å². The van der Waals surface area contributed by atoms with Crippen LogP contribution in [0.4, 0.5) is 0 Å². The van der Waals surface area contributed by atoms with E-state index in [0.29, 0.717) is 0 Å². The first-order valence-electron chi connectivity index (χ1n) is 4.49. The van der Waals surface area contributed by atoms with Crippen LogP contribution in [-0.4, -0.2) is 11.0 Å². The highest BCUT2D eigenvalue weighted by molar-refractivity contribution is 7.09. The zero-order chi connectivity index (χ0) is 9.80. The molecule has 2 heterocycles. The summed E-state index contributed by atoms with van der Waals surface area (Å²) in [5, 5.41) is 7.37. The molecule has 14 heavy (non-hydrogen) atoms. The normalized spacial score (nSPS) is 12.9. The maximum Gasteiger partial charge on any atom is 0.0940 e. The zero-order valence-electron chi connectivity index (χ0n) is 7.72. The summed E-state index contributed by atoms with van der Waals surface area (Å²) < 4.78 is 0. The molecule has 2 aromatic rings. The minimum atomic E-state index is 0.191. The van der Waals surface area contributed by atoms with Crippen molar-refractivity contribution in [2.75, 3.05) is 0 Å². The van der Waals surface area contributed by atoms with E-state index in [1.54, 1.807) is 22.7 Å². The summed E-state index contributed by atoms with van der Waals surface area (Å²) in [7, 11) is 0. The second kappa shape index (κ2) is 4.68. The summed E-state index contributed by atoms with van der Waals surface area (Å²) >= 11 is 3.40. The van der Waals surface area contributed by atoms with E-state index in [1.165, 1.54) is 5.56 Å². The van der Waals surface area contributed by atoms with Crippen LogP contribution >= 0.6 is 22.7 Å². The van der Waals surface area contributed by atoms with Crippen molar-refractivity contribution in [3.63, 3.8) is 0 Å². The second-order valence-corrected chi connectivity index (χ2v) is 4.98. The van der Waals surface area contributed by atoms with Crippen LogP contribution in [0.25, 0.3) is 0 Å². The van der Waals surface area contributed by atoms with Gasteiger partial charge in [0.05, 0.1) is 5.01 Å². The molecule has 0 spiro atoms. The largest absolute Gasteiger partial charge is 0.327 e. The van der Waals surface area contributed by atoms with E-state index in [2.05, 4.69) is 21.8 Å². The van der Waals surface area contributed by atoms with Gasteiger partial charge >= 0.3 is 0 Å². The Morgan fingerprint density at radius 2 is 2.29 bits per heavy atom. The fourth-order valence-electron chi connectivity index (χ4n) is 1.36. The molecule has 2 nitrogen and oxygen atoms in total. The van der Waals surface area contributed by atoms with E-state index in [0.717, 1.165) is 17.8 Å². The molecule has 2 aromatic heterocycles. The Morgan fingerprint density at radius 1 is 1.36 bits per heavy atom. The van der Waals surface area contributed by atoms with Gasteiger partial charge in [-0.05, 0) is 28.8 Å². The average molecular weight is 224 g/mol. The van der Waals surface area contributed by atoms with Gasteiger partial charge in [-0.25, -0.2) is 4.98 Å². The van der Waals surface area contributed by atoms with E-state index in [9.17, 15) is 0 Å². The summed E-state index contributed by atoms with van der Waals surface area (Å²) in [5.41, 5.74) is 7.36. The highest BCUT2D eigenvalue weighted by Gasteiger charge is 2.07. The van der Waals surface area contributed by atoms with Gasteiger partial charge in [0.2, 0.25) is 0 Å². The van der Waals surface area contributed by atoms with Crippen LogP contribution in [0.15, 0.2) is 28.4 Å². The quantitative estimate of drug-likeness (QED) is 0.865. The number of hydrogen-bond donors (Lipinski definition) is 1. The fraction of sp³-hybridized carbons (Fsp3) is 0.300. The number of aromatic nitrogens is 1. The SMILES string of the molecule is NC(Cc1ccsc1)Cc1nccs1. The van der Waals surface area contributed by atoms with Gasteiger partial charge in [0, 0.05) is 24.0 Å². The van der Waals surface area contributed by atoms with Crippen molar-refractivity contribution in [1.82, 2.24) is 4.98 Å². The predicted octanol–water partition coefficient (Wildman–Crippen LogP) is 2.32. The third kappa shape index (κ3) is 2.64. The first-order chi connectivity index (χ1) is 6.84. The van der Waals surface area contributed by atoms with E-state index in [1.807, 2.05) is 11.6 Å². The van der Waals surface area contributed by atoms with Gasteiger partial charge in [-0.3, -0.25) is 0 Å². The lowest BCUT2D eigenvalue weighted by Crippen LogP contribution is -2.25. The Kier molecular flexibility index (Phi) is 3.29. The monoisotopic (exact) mass is 224 g/mol. The standard InChI is InChI=1S/C10H12N2S2/c11-9(5-8-1-3-13-7-8)6-10-12-2-4-14-10/h1-4,7,9H,5-6,11H2. The molecule has 0 fully saturated rings. The molecule has 0 amide bonds. The Morgan fingerprint density at radius 3 is 2.93 bits per heavy atom. The van der Waals surface area contributed by atoms with Crippen LogP contribution in [-0.2, 0) is 12.8 Å². The molecule has 0 radical (unpaired) electrons. The molecule has 1 unspecified atom stereocenters. The Hall–Kier alpha value is -0.710. The van der Waals surface area contributed by atoms with Crippen molar-refractivity contribution in [3.8, 4) is 0 Å². The maximum absolute atomic E-state index is 6.03. The lowest BCUT2D eigenvalue weighted by Gasteiger charge is -2.07.